The van der Waals surface area contributed by atoms with Crippen LogP contribution in [0.2, 0.25) is 0 Å². The third kappa shape index (κ3) is 5.12. The van der Waals surface area contributed by atoms with Gasteiger partial charge in [0.25, 0.3) is 0 Å². The predicted molar refractivity (Wildman–Crippen MR) is 71.2 cm³/mol. The molecule has 1 rings (SSSR count). The Balaban J connectivity index is 2.34. The lowest BCUT2D eigenvalue weighted by Crippen LogP contribution is -2.33. The van der Waals surface area contributed by atoms with Crippen molar-refractivity contribution in [2.24, 2.45) is 5.73 Å². The van der Waals surface area contributed by atoms with Crippen molar-refractivity contribution in [3.63, 3.8) is 0 Å². The number of nitrogens with zero attached hydrogens (tertiary/aromatic N) is 1. The molecule has 1 aromatic carbocycles. The third-order valence-electron chi connectivity index (χ3n) is 2.41. The maximum Gasteiger partial charge on any atom is 0.119 e. The van der Waals surface area contributed by atoms with E-state index in [0.29, 0.717) is 0 Å². The highest BCUT2D eigenvalue weighted by Gasteiger charge is 2.15. The van der Waals surface area contributed by atoms with Crippen molar-refractivity contribution in [1.29, 1.82) is 5.26 Å². The van der Waals surface area contributed by atoms with Crippen LogP contribution in [-0.2, 0) is 0 Å². The molecule has 0 aliphatic carbocycles. The van der Waals surface area contributed by atoms with Crippen molar-refractivity contribution >= 4 is 11.8 Å². The number of benzene rings is 1. The molecular weight excluding hydrogens is 232 g/mol. The minimum absolute atomic E-state index is 0.699. The van der Waals surface area contributed by atoms with E-state index in [1.165, 1.54) is 4.90 Å². The zero-order chi connectivity index (χ0) is 12.7. The smallest absolute Gasteiger partial charge is 0.119 e. The monoisotopic (exact) mass is 250 g/mol. The summed E-state index contributed by atoms with van der Waals surface area (Å²) in [7, 11) is 1.66. The van der Waals surface area contributed by atoms with Crippen molar-refractivity contribution < 1.29 is 4.74 Å². The van der Waals surface area contributed by atoms with Gasteiger partial charge in [-0.05, 0) is 43.7 Å². The van der Waals surface area contributed by atoms with Crippen LogP contribution in [0.3, 0.4) is 0 Å². The van der Waals surface area contributed by atoms with E-state index >= 15 is 0 Å². The number of nitrogens with two attached hydrogens (primary N) is 1. The SMILES string of the molecule is COc1cccc(SCCCC(C)(N)C#N)c1. The number of thioether (sulfide) groups is 1. The van der Waals surface area contributed by atoms with E-state index in [9.17, 15) is 0 Å². The quantitative estimate of drug-likeness (QED) is 0.623. The topological polar surface area (TPSA) is 59.0 Å². The van der Waals surface area contributed by atoms with E-state index in [1.54, 1.807) is 25.8 Å². The predicted octanol–water partition coefficient (Wildman–Crippen LogP) is 2.81. The Labute approximate surface area is 107 Å². The maximum absolute atomic E-state index is 8.78. The summed E-state index contributed by atoms with van der Waals surface area (Å²) in [6.07, 6.45) is 1.66. The van der Waals surface area contributed by atoms with Gasteiger partial charge in [-0.1, -0.05) is 6.07 Å². The van der Waals surface area contributed by atoms with Gasteiger partial charge in [0.2, 0.25) is 0 Å². The van der Waals surface area contributed by atoms with Crippen molar-refractivity contribution in [2.45, 2.75) is 30.2 Å². The second-order valence-electron chi connectivity index (χ2n) is 4.16. The molecule has 0 aliphatic heterocycles. The normalized spacial score (nSPS) is 13.8. The second-order valence-corrected chi connectivity index (χ2v) is 5.33. The van der Waals surface area contributed by atoms with E-state index in [4.69, 9.17) is 15.7 Å². The van der Waals surface area contributed by atoms with Crippen molar-refractivity contribution in [3.05, 3.63) is 24.3 Å². The van der Waals surface area contributed by atoms with E-state index in [2.05, 4.69) is 12.1 Å². The van der Waals surface area contributed by atoms with Gasteiger partial charge in [-0.25, -0.2) is 0 Å². The zero-order valence-corrected chi connectivity index (χ0v) is 11.1. The number of rotatable bonds is 6. The number of methoxy groups -OCH3 is 1. The van der Waals surface area contributed by atoms with Crippen molar-refractivity contribution in [2.75, 3.05) is 12.9 Å². The van der Waals surface area contributed by atoms with Gasteiger partial charge in [-0.3, -0.25) is 0 Å². The molecule has 92 valence electrons. The lowest BCUT2D eigenvalue weighted by atomic mass is 10.0. The van der Waals surface area contributed by atoms with Gasteiger partial charge in [0, 0.05) is 4.90 Å². The van der Waals surface area contributed by atoms with Gasteiger partial charge >= 0.3 is 0 Å². The van der Waals surface area contributed by atoms with Crippen LogP contribution in [0.4, 0.5) is 0 Å². The summed E-state index contributed by atoms with van der Waals surface area (Å²) in [6, 6.07) is 10.1. The van der Waals surface area contributed by atoms with Crippen LogP contribution < -0.4 is 10.5 Å². The van der Waals surface area contributed by atoms with Crippen LogP contribution in [-0.4, -0.2) is 18.4 Å². The Morgan fingerprint density at radius 2 is 2.29 bits per heavy atom. The molecule has 0 bridgehead atoms. The number of hydrogen-bond acceptors (Lipinski definition) is 4. The molecule has 0 spiro atoms. The fourth-order valence-corrected chi connectivity index (χ4v) is 2.27. The summed E-state index contributed by atoms with van der Waals surface area (Å²) in [4.78, 5) is 1.18. The molecule has 0 saturated carbocycles. The number of nitriles is 1. The lowest BCUT2D eigenvalue weighted by molar-refractivity contribution is 0.413. The lowest BCUT2D eigenvalue weighted by Gasteiger charge is -2.14. The Bertz CT molecular complexity index is 399. The minimum Gasteiger partial charge on any atom is -0.497 e. The number of hydrogen-bond donors (Lipinski definition) is 1. The molecule has 0 aromatic heterocycles. The van der Waals surface area contributed by atoms with Gasteiger partial charge < -0.3 is 10.5 Å². The first-order valence-electron chi connectivity index (χ1n) is 5.54. The molecule has 1 aromatic rings. The first kappa shape index (κ1) is 13.9. The molecule has 17 heavy (non-hydrogen) atoms. The van der Waals surface area contributed by atoms with E-state index in [1.807, 2.05) is 18.2 Å². The Morgan fingerprint density at radius 1 is 1.53 bits per heavy atom. The van der Waals surface area contributed by atoms with Crippen LogP contribution in [0.5, 0.6) is 5.75 Å². The van der Waals surface area contributed by atoms with Gasteiger partial charge in [-0.2, -0.15) is 5.26 Å². The molecule has 3 nitrogen and oxygen atoms in total. The van der Waals surface area contributed by atoms with Crippen LogP contribution in [0.1, 0.15) is 19.8 Å². The molecule has 0 aliphatic rings. The van der Waals surface area contributed by atoms with Gasteiger partial charge in [0.1, 0.15) is 11.3 Å². The Morgan fingerprint density at radius 3 is 2.94 bits per heavy atom. The third-order valence-corrected chi connectivity index (χ3v) is 3.49. The second kappa shape index (κ2) is 6.53. The largest absolute Gasteiger partial charge is 0.497 e. The average molecular weight is 250 g/mol. The molecular formula is C13H18N2OS. The fraction of sp³-hybridized carbons (Fsp3) is 0.462. The molecule has 0 fully saturated rings. The van der Waals surface area contributed by atoms with Gasteiger partial charge in [0.15, 0.2) is 0 Å². The highest BCUT2D eigenvalue weighted by atomic mass is 32.2. The zero-order valence-electron chi connectivity index (χ0n) is 10.3. The molecule has 0 saturated heterocycles. The van der Waals surface area contributed by atoms with Crippen LogP contribution >= 0.6 is 11.8 Å². The molecule has 4 heteroatoms. The summed E-state index contributed by atoms with van der Waals surface area (Å²) in [5, 5.41) is 8.78. The number of ether oxygens (including phenoxy) is 1. The van der Waals surface area contributed by atoms with E-state index < -0.39 is 5.54 Å². The van der Waals surface area contributed by atoms with Gasteiger partial charge in [0.05, 0.1) is 13.2 Å². The maximum atomic E-state index is 8.78. The van der Waals surface area contributed by atoms with Crippen molar-refractivity contribution in [3.8, 4) is 11.8 Å². The van der Waals surface area contributed by atoms with Crippen LogP contribution in [0.15, 0.2) is 29.2 Å². The molecule has 0 radical (unpaired) electrons. The van der Waals surface area contributed by atoms with Crippen molar-refractivity contribution in [1.82, 2.24) is 0 Å². The molecule has 1 unspecified atom stereocenters. The molecule has 2 N–H and O–H groups in total. The Kier molecular flexibility index (Phi) is 5.33. The first-order valence-corrected chi connectivity index (χ1v) is 6.53. The standard InChI is InChI=1S/C13H18N2OS/c1-13(15,10-14)7-4-8-17-12-6-3-5-11(9-12)16-2/h3,5-6,9H,4,7-8,15H2,1-2H3. The first-order chi connectivity index (χ1) is 8.07. The average Bonchev–Trinajstić information content (AvgIpc) is 2.35. The fourth-order valence-electron chi connectivity index (χ4n) is 1.38. The van der Waals surface area contributed by atoms with Crippen LogP contribution in [0, 0.1) is 11.3 Å². The van der Waals surface area contributed by atoms with Gasteiger partial charge in [-0.15, -0.1) is 11.8 Å². The minimum atomic E-state index is -0.699. The summed E-state index contributed by atoms with van der Waals surface area (Å²) in [5.74, 6) is 1.83. The summed E-state index contributed by atoms with van der Waals surface area (Å²) in [6.45, 7) is 1.77. The van der Waals surface area contributed by atoms with E-state index in [-0.39, 0.29) is 0 Å². The highest BCUT2D eigenvalue weighted by Crippen LogP contribution is 2.24. The highest BCUT2D eigenvalue weighted by molar-refractivity contribution is 7.99. The summed E-state index contributed by atoms with van der Waals surface area (Å²) < 4.78 is 5.16. The summed E-state index contributed by atoms with van der Waals surface area (Å²) in [5.41, 5.74) is 5.05. The van der Waals surface area contributed by atoms with E-state index in [0.717, 1.165) is 24.3 Å². The summed E-state index contributed by atoms with van der Waals surface area (Å²) >= 11 is 1.76. The van der Waals surface area contributed by atoms with Crippen LogP contribution in [0.25, 0.3) is 0 Å². The molecule has 1 atom stereocenters. The molecule has 0 heterocycles. The molecule has 0 amide bonds. The Hall–Kier alpha value is -1.18.